The normalized spacial score (nSPS) is 11.1. The molecule has 2 rings (SSSR count). The van der Waals surface area contributed by atoms with Gasteiger partial charge in [-0.1, -0.05) is 29.8 Å². The van der Waals surface area contributed by atoms with Crippen LogP contribution in [0.1, 0.15) is 34.8 Å². The molecular formula is C19H21N3O3. The molecule has 0 heterocycles. The highest BCUT2D eigenvalue weighted by atomic mass is 16.3. The highest BCUT2D eigenvalue weighted by Crippen LogP contribution is 2.21. The number of hydrogen-bond donors (Lipinski definition) is 3. The van der Waals surface area contributed by atoms with Gasteiger partial charge >= 0.3 is 0 Å². The monoisotopic (exact) mass is 339 g/mol. The van der Waals surface area contributed by atoms with Crippen molar-refractivity contribution in [3.8, 4) is 5.75 Å². The lowest BCUT2D eigenvalue weighted by Crippen LogP contribution is -2.21. The lowest BCUT2D eigenvalue weighted by atomic mass is 10.1. The Bertz CT molecular complexity index is 811. The number of phenols is 1. The van der Waals surface area contributed by atoms with Gasteiger partial charge in [0, 0.05) is 11.4 Å². The third kappa shape index (κ3) is 5.17. The number of benzene rings is 2. The molecule has 0 aliphatic rings. The molecule has 6 nitrogen and oxygen atoms in total. The highest BCUT2D eigenvalue weighted by molar-refractivity contribution is 6.06. The number of anilines is 1. The molecule has 0 atom stereocenters. The molecule has 0 aliphatic heterocycles. The van der Waals surface area contributed by atoms with Gasteiger partial charge in [0.2, 0.25) is 5.91 Å². The molecule has 2 aromatic rings. The second-order valence-corrected chi connectivity index (χ2v) is 5.85. The van der Waals surface area contributed by atoms with Gasteiger partial charge in [-0.2, -0.15) is 5.10 Å². The molecular weight excluding hydrogens is 318 g/mol. The van der Waals surface area contributed by atoms with E-state index in [2.05, 4.69) is 15.8 Å². The van der Waals surface area contributed by atoms with Crippen LogP contribution < -0.4 is 10.7 Å². The minimum atomic E-state index is -0.528. The van der Waals surface area contributed by atoms with Crippen molar-refractivity contribution in [3.63, 3.8) is 0 Å². The topological polar surface area (TPSA) is 90.8 Å². The van der Waals surface area contributed by atoms with Crippen LogP contribution in [0.3, 0.4) is 0 Å². The Morgan fingerprint density at radius 1 is 1.08 bits per heavy atom. The number of carbonyl (C=O) groups excluding carboxylic acids is 2. The van der Waals surface area contributed by atoms with Gasteiger partial charge in [-0.3, -0.25) is 9.59 Å². The first-order chi connectivity index (χ1) is 11.9. The van der Waals surface area contributed by atoms with Crippen LogP contribution in [-0.2, 0) is 4.79 Å². The first-order valence-corrected chi connectivity index (χ1v) is 7.85. The zero-order valence-electron chi connectivity index (χ0n) is 14.5. The Labute approximate surface area is 146 Å². The molecule has 0 spiro atoms. The van der Waals surface area contributed by atoms with Crippen molar-refractivity contribution in [3.05, 3.63) is 59.2 Å². The Morgan fingerprint density at radius 3 is 2.44 bits per heavy atom. The molecule has 2 amide bonds. The Balaban J connectivity index is 1.92. The van der Waals surface area contributed by atoms with E-state index in [-0.39, 0.29) is 23.6 Å². The van der Waals surface area contributed by atoms with E-state index in [9.17, 15) is 14.7 Å². The van der Waals surface area contributed by atoms with E-state index in [1.165, 1.54) is 6.07 Å². The number of rotatable bonds is 5. The Kier molecular flexibility index (Phi) is 5.89. The smallest absolute Gasteiger partial charge is 0.275 e. The van der Waals surface area contributed by atoms with Crippen LogP contribution in [0.4, 0.5) is 5.69 Å². The van der Waals surface area contributed by atoms with Crippen molar-refractivity contribution in [2.24, 2.45) is 5.10 Å². The molecule has 3 N–H and O–H groups in total. The minimum absolute atomic E-state index is 0.0496. The van der Waals surface area contributed by atoms with E-state index < -0.39 is 5.91 Å². The van der Waals surface area contributed by atoms with Crippen LogP contribution in [0.15, 0.2) is 47.6 Å². The summed E-state index contributed by atoms with van der Waals surface area (Å²) in [6, 6.07) is 12.3. The number of aryl methyl sites for hydroxylation is 2. The molecule has 0 saturated heterocycles. The first-order valence-electron chi connectivity index (χ1n) is 7.85. The quantitative estimate of drug-likeness (QED) is 0.577. The van der Waals surface area contributed by atoms with Crippen molar-refractivity contribution in [1.29, 1.82) is 0 Å². The molecule has 0 saturated carbocycles. The number of carbonyl (C=O) groups is 2. The van der Waals surface area contributed by atoms with Crippen molar-refractivity contribution in [1.82, 2.24) is 5.43 Å². The lowest BCUT2D eigenvalue weighted by molar-refractivity contribution is -0.115. The summed E-state index contributed by atoms with van der Waals surface area (Å²) >= 11 is 0. The van der Waals surface area contributed by atoms with Crippen LogP contribution in [0, 0.1) is 13.8 Å². The molecule has 0 bridgehead atoms. The molecule has 0 aromatic heterocycles. The third-order valence-corrected chi connectivity index (χ3v) is 3.58. The fraction of sp³-hybridized carbons (Fsp3) is 0.211. The van der Waals surface area contributed by atoms with Crippen LogP contribution in [0.5, 0.6) is 5.75 Å². The summed E-state index contributed by atoms with van der Waals surface area (Å²) in [5, 5.41) is 16.6. The van der Waals surface area contributed by atoms with Crippen LogP contribution in [-0.4, -0.2) is 22.6 Å². The van der Waals surface area contributed by atoms with Gasteiger partial charge in [0.1, 0.15) is 5.75 Å². The Hall–Kier alpha value is -3.15. The first kappa shape index (κ1) is 18.2. The van der Waals surface area contributed by atoms with E-state index in [0.29, 0.717) is 17.0 Å². The van der Waals surface area contributed by atoms with E-state index in [1.807, 2.05) is 31.2 Å². The fourth-order valence-electron chi connectivity index (χ4n) is 2.16. The van der Waals surface area contributed by atoms with Crippen molar-refractivity contribution < 1.29 is 14.7 Å². The molecule has 130 valence electrons. The molecule has 0 unspecified atom stereocenters. The van der Waals surface area contributed by atoms with Crippen molar-refractivity contribution >= 4 is 23.2 Å². The average Bonchev–Trinajstić information content (AvgIpc) is 2.57. The van der Waals surface area contributed by atoms with Gasteiger partial charge in [0.15, 0.2) is 0 Å². The van der Waals surface area contributed by atoms with E-state index in [1.54, 1.807) is 26.0 Å². The number of hydrazone groups is 1. The lowest BCUT2D eigenvalue weighted by Gasteiger charge is -2.07. The second kappa shape index (κ2) is 8.10. The second-order valence-electron chi connectivity index (χ2n) is 5.85. The van der Waals surface area contributed by atoms with Gasteiger partial charge in [-0.25, -0.2) is 5.43 Å². The highest BCUT2D eigenvalue weighted by Gasteiger charge is 2.12. The molecule has 0 aliphatic carbocycles. The van der Waals surface area contributed by atoms with E-state index >= 15 is 0 Å². The predicted octanol–water partition coefficient (Wildman–Crippen LogP) is 3.14. The summed E-state index contributed by atoms with van der Waals surface area (Å²) in [4.78, 5) is 24.0. The van der Waals surface area contributed by atoms with E-state index in [0.717, 1.165) is 5.56 Å². The summed E-state index contributed by atoms with van der Waals surface area (Å²) in [7, 11) is 0. The van der Waals surface area contributed by atoms with Crippen LogP contribution in [0.25, 0.3) is 0 Å². The summed E-state index contributed by atoms with van der Waals surface area (Å²) in [6.45, 7) is 5.32. The van der Waals surface area contributed by atoms with Gasteiger partial charge < -0.3 is 10.4 Å². The fourth-order valence-corrected chi connectivity index (χ4v) is 2.16. The summed E-state index contributed by atoms with van der Waals surface area (Å²) in [5.74, 6) is -0.831. The third-order valence-electron chi connectivity index (χ3n) is 3.58. The summed E-state index contributed by atoms with van der Waals surface area (Å²) in [6.07, 6.45) is 0.0496. The predicted molar refractivity (Wildman–Crippen MR) is 97.8 cm³/mol. The molecule has 0 radical (unpaired) electrons. The number of nitrogens with one attached hydrogen (secondary N) is 2. The number of nitrogens with zero attached hydrogens (tertiary/aromatic N) is 1. The Morgan fingerprint density at radius 2 is 1.76 bits per heavy atom. The standard InChI is InChI=1S/C19H21N3O3/c1-12-7-9-15(10-8-12)20-17(23)11-14(3)21-22-19(25)16-6-4-5-13(2)18(16)24/h4-10,24H,11H2,1-3H3,(H,20,23)(H,22,25). The van der Waals surface area contributed by atoms with E-state index in [4.69, 9.17) is 0 Å². The maximum Gasteiger partial charge on any atom is 0.275 e. The molecule has 0 fully saturated rings. The molecule has 25 heavy (non-hydrogen) atoms. The molecule has 2 aromatic carbocycles. The molecule has 6 heteroatoms. The van der Waals surface area contributed by atoms with Gasteiger partial charge in [-0.05, 0) is 44.5 Å². The maximum atomic E-state index is 12.1. The van der Waals surface area contributed by atoms with Gasteiger partial charge in [0.05, 0.1) is 12.0 Å². The summed E-state index contributed by atoms with van der Waals surface area (Å²) in [5.41, 5.74) is 5.36. The largest absolute Gasteiger partial charge is 0.507 e. The van der Waals surface area contributed by atoms with Crippen LogP contribution in [0.2, 0.25) is 0 Å². The van der Waals surface area contributed by atoms with Gasteiger partial charge in [-0.15, -0.1) is 0 Å². The number of aromatic hydroxyl groups is 1. The van der Waals surface area contributed by atoms with Crippen molar-refractivity contribution in [2.75, 3.05) is 5.32 Å². The average molecular weight is 339 g/mol. The zero-order valence-corrected chi connectivity index (χ0v) is 14.5. The van der Waals surface area contributed by atoms with Crippen LogP contribution >= 0.6 is 0 Å². The SMILES string of the molecule is CC(CC(=O)Nc1ccc(C)cc1)=NNC(=O)c1cccc(C)c1O. The van der Waals surface area contributed by atoms with Gasteiger partial charge in [0.25, 0.3) is 5.91 Å². The minimum Gasteiger partial charge on any atom is -0.507 e. The summed E-state index contributed by atoms with van der Waals surface area (Å²) < 4.78 is 0. The number of hydrogen-bond acceptors (Lipinski definition) is 4. The maximum absolute atomic E-state index is 12.1. The zero-order chi connectivity index (χ0) is 18.4. The number of para-hydroxylation sites is 1. The van der Waals surface area contributed by atoms with Crippen molar-refractivity contribution in [2.45, 2.75) is 27.2 Å². The number of phenolic OH excluding ortho intramolecular Hbond substituents is 1. The number of amides is 2.